The Morgan fingerprint density at radius 3 is 2.31 bits per heavy atom. The van der Waals surface area contributed by atoms with Crippen LogP contribution in [0.4, 0.5) is 4.79 Å². The van der Waals surface area contributed by atoms with Crippen LogP contribution in [0.5, 0.6) is 0 Å². The fraction of sp³-hybridized carbons (Fsp3) is 0.526. The molecule has 0 aliphatic carbocycles. The molecule has 0 bridgehead atoms. The second kappa shape index (κ2) is 19.4. The second-order valence-corrected chi connectivity index (χ2v) is 14.3. The number of hydrogen-bond donors (Lipinski definition) is 4. The third kappa shape index (κ3) is 10.8. The number of carbonyl (C=O) groups excluding carboxylic acids is 7. The molecule has 17 nitrogen and oxygen atoms in total. The minimum absolute atomic E-state index is 0.000103. The lowest BCUT2D eigenvalue weighted by Gasteiger charge is -2.32. The van der Waals surface area contributed by atoms with E-state index in [0.29, 0.717) is 25.9 Å². The molecule has 3 heterocycles. The predicted octanol–water partition coefficient (Wildman–Crippen LogP) is 1.03. The molecule has 55 heavy (non-hydrogen) atoms. The molecular weight excluding hydrogens is 710 g/mol. The fourth-order valence-corrected chi connectivity index (χ4v) is 6.54. The number of hydrogen-bond acceptors (Lipinski definition) is 11. The first-order valence-electron chi connectivity index (χ1n) is 18.4. The van der Waals surface area contributed by atoms with E-state index in [1.807, 2.05) is 24.3 Å². The summed E-state index contributed by atoms with van der Waals surface area (Å²) >= 11 is 0. The van der Waals surface area contributed by atoms with E-state index in [-0.39, 0.29) is 25.1 Å². The van der Waals surface area contributed by atoms with Crippen LogP contribution in [-0.2, 0) is 41.7 Å². The standard InChI is InChI=1S/C38H49N9O8/c1-6-9-27(32(48)36(52)42-14-13-39)43-34(50)29-18-26(55-38(54)46-17-12-24-10-7-8-11-25(24)20-46)21-47(29)37(53)31(23(4)5)45-35(51)30(22(2)3)44-33(49)28-19-40-15-16-41-28/h7-8,10-11,15-16,19,22-23,26-27,29-31H,6,9,12,14,17-18,20-21H2,1-5H3,(H,42,52)(H,43,50)(H,44,49)(H,45,51)/t26-,27?,29+,30-,31-/m1/s1. The number of fused-ring (bicyclic) bond motifs is 1. The third-order valence-electron chi connectivity index (χ3n) is 9.53. The zero-order chi connectivity index (χ0) is 40.2. The molecule has 1 unspecified atom stereocenters. The number of carbonyl (C=O) groups is 7. The third-order valence-corrected chi connectivity index (χ3v) is 9.53. The van der Waals surface area contributed by atoms with Crippen molar-refractivity contribution < 1.29 is 38.3 Å². The molecule has 0 radical (unpaired) electrons. The van der Waals surface area contributed by atoms with Crippen LogP contribution in [0.3, 0.4) is 0 Å². The van der Waals surface area contributed by atoms with Gasteiger partial charge in [-0.05, 0) is 35.8 Å². The zero-order valence-electron chi connectivity index (χ0n) is 31.7. The number of aromatic nitrogens is 2. The van der Waals surface area contributed by atoms with E-state index in [2.05, 4.69) is 31.2 Å². The molecule has 1 aromatic carbocycles. The smallest absolute Gasteiger partial charge is 0.410 e. The summed E-state index contributed by atoms with van der Waals surface area (Å²) in [5.74, 6) is -5.59. The number of ether oxygens (including phenoxy) is 1. The first-order chi connectivity index (χ1) is 26.2. The van der Waals surface area contributed by atoms with E-state index in [1.54, 1.807) is 45.6 Å². The van der Waals surface area contributed by atoms with E-state index in [4.69, 9.17) is 10.00 Å². The van der Waals surface area contributed by atoms with Crippen molar-refractivity contribution in [3.63, 3.8) is 0 Å². The van der Waals surface area contributed by atoms with Gasteiger partial charge in [-0.25, -0.2) is 9.78 Å². The van der Waals surface area contributed by atoms with Crippen LogP contribution in [0.1, 0.15) is 75.5 Å². The highest BCUT2D eigenvalue weighted by molar-refractivity contribution is 6.38. The molecule has 2 aliphatic rings. The molecule has 2 aromatic rings. The van der Waals surface area contributed by atoms with Crippen molar-refractivity contribution >= 4 is 41.4 Å². The lowest BCUT2D eigenvalue weighted by molar-refractivity contribution is -0.144. The molecule has 1 aromatic heterocycles. The molecule has 0 spiro atoms. The van der Waals surface area contributed by atoms with Crippen LogP contribution < -0.4 is 21.3 Å². The minimum Gasteiger partial charge on any atom is -0.444 e. The Morgan fingerprint density at radius 1 is 0.964 bits per heavy atom. The van der Waals surface area contributed by atoms with Crippen molar-refractivity contribution in [1.82, 2.24) is 41.0 Å². The number of Topliss-reactive ketones (excluding diaryl/α,β-unsaturated/α-hetero) is 1. The quantitative estimate of drug-likeness (QED) is 0.148. The second-order valence-electron chi connectivity index (χ2n) is 14.3. The molecule has 4 N–H and O–H groups in total. The Labute approximate surface area is 319 Å². The van der Waals surface area contributed by atoms with Gasteiger partial charge in [-0.3, -0.25) is 33.8 Å². The van der Waals surface area contributed by atoms with Crippen LogP contribution in [0, 0.1) is 23.2 Å². The van der Waals surface area contributed by atoms with E-state index in [9.17, 15) is 33.6 Å². The summed E-state index contributed by atoms with van der Waals surface area (Å²) in [5, 5.41) is 19.0. The zero-order valence-corrected chi connectivity index (χ0v) is 31.7. The summed E-state index contributed by atoms with van der Waals surface area (Å²) in [6, 6.07) is 4.72. The highest BCUT2D eigenvalue weighted by Gasteiger charge is 2.46. The molecule has 0 saturated carbocycles. The molecule has 17 heteroatoms. The minimum atomic E-state index is -1.26. The molecular formula is C38H49N9O8. The molecule has 1 saturated heterocycles. The van der Waals surface area contributed by atoms with E-state index in [0.717, 1.165) is 11.1 Å². The normalized spacial score (nSPS) is 17.9. The number of benzene rings is 1. The van der Waals surface area contributed by atoms with E-state index >= 15 is 0 Å². The SMILES string of the molecule is CCCC(NC(=O)[C@@H]1C[C@@H](OC(=O)N2CCc3ccccc3C2)CN1C(=O)[C@H](NC(=O)[C@H](NC(=O)c1cnccn1)C(C)C)C(C)C)C(=O)C(=O)NCC#N. The van der Waals surface area contributed by atoms with Gasteiger partial charge < -0.3 is 35.8 Å². The number of rotatable bonds is 15. The van der Waals surface area contributed by atoms with E-state index in [1.165, 1.54) is 23.5 Å². The fourth-order valence-electron chi connectivity index (χ4n) is 6.54. The van der Waals surface area contributed by atoms with Crippen LogP contribution in [0.15, 0.2) is 42.9 Å². The lowest BCUT2D eigenvalue weighted by Crippen LogP contribution is -2.59. The Morgan fingerprint density at radius 2 is 1.67 bits per heavy atom. The summed E-state index contributed by atoms with van der Waals surface area (Å²) in [4.78, 5) is 105. The number of likely N-dealkylation sites (tertiary alicyclic amines) is 1. The van der Waals surface area contributed by atoms with Gasteiger partial charge >= 0.3 is 6.09 Å². The number of ketones is 1. The molecule has 1 fully saturated rings. The summed E-state index contributed by atoms with van der Waals surface area (Å²) in [5.41, 5.74) is 2.12. The summed E-state index contributed by atoms with van der Waals surface area (Å²) in [6.45, 7) is 8.77. The van der Waals surface area contributed by atoms with Gasteiger partial charge in [0, 0.05) is 31.9 Å². The average Bonchev–Trinajstić information content (AvgIpc) is 3.60. The van der Waals surface area contributed by atoms with Crippen molar-refractivity contribution in [2.45, 2.75) is 97.1 Å². The topological polar surface area (TPSA) is 233 Å². The van der Waals surface area contributed by atoms with E-state index < -0.39 is 90.1 Å². The number of nitriles is 1. The summed E-state index contributed by atoms with van der Waals surface area (Å²) in [7, 11) is 0. The Bertz CT molecular complexity index is 1780. The predicted molar refractivity (Wildman–Crippen MR) is 196 cm³/mol. The largest absolute Gasteiger partial charge is 0.444 e. The van der Waals surface area contributed by atoms with Crippen LogP contribution >= 0.6 is 0 Å². The maximum absolute atomic E-state index is 14.4. The number of nitrogens with zero attached hydrogens (tertiary/aromatic N) is 5. The van der Waals surface area contributed by atoms with Gasteiger partial charge in [-0.2, -0.15) is 5.26 Å². The van der Waals surface area contributed by atoms with Crippen molar-refractivity contribution in [3.8, 4) is 6.07 Å². The van der Waals surface area contributed by atoms with Gasteiger partial charge in [0.1, 0.15) is 36.5 Å². The highest BCUT2D eigenvalue weighted by Crippen LogP contribution is 2.26. The van der Waals surface area contributed by atoms with Gasteiger partial charge in [-0.15, -0.1) is 0 Å². The molecule has 5 atom stereocenters. The van der Waals surface area contributed by atoms with Gasteiger partial charge in [0.05, 0.1) is 24.9 Å². The molecule has 2 aliphatic heterocycles. The summed E-state index contributed by atoms with van der Waals surface area (Å²) in [6.07, 6.45) is 3.49. The van der Waals surface area contributed by atoms with Crippen molar-refractivity contribution in [2.75, 3.05) is 19.6 Å². The maximum Gasteiger partial charge on any atom is 0.410 e. The van der Waals surface area contributed by atoms with Crippen LogP contribution in [-0.4, -0.2) is 111 Å². The van der Waals surface area contributed by atoms with Gasteiger partial charge in [0.15, 0.2) is 0 Å². The molecule has 294 valence electrons. The van der Waals surface area contributed by atoms with Gasteiger partial charge in [-0.1, -0.05) is 65.3 Å². The number of nitrogens with one attached hydrogen (secondary N) is 4. The summed E-state index contributed by atoms with van der Waals surface area (Å²) < 4.78 is 5.89. The lowest BCUT2D eigenvalue weighted by atomic mass is 9.98. The molecule has 6 amide bonds. The van der Waals surface area contributed by atoms with Gasteiger partial charge in [0.2, 0.25) is 23.5 Å². The monoisotopic (exact) mass is 759 g/mol. The maximum atomic E-state index is 14.4. The highest BCUT2D eigenvalue weighted by atomic mass is 16.6. The Balaban J connectivity index is 1.56. The van der Waals surface area contributed by atoms with Gasteiger partial charge in [0.25, 0.3) is 11.8 Å². The molecule has 4 rings (SSSR count). The first-order valence-corrected chi connectivity index (χ1v) is 18.4. The van der Waals surface area contributed by atoms with Crippen molar-refractivity contribution in [1.29, 1.82) is 5.26 Å². The Kier molecular flexibility index (Phi) is 14.8. The first kappa shape index (κ1) is 41.8. The van der Waals surface area contributed by atoms with Crippen LogP contribution in [0.25, 0.3) is 0 Å². The number of amides is 6. The Hall–Kier alpha value is -5.92. The van der Waals surface area contributed by atoms with Crippen molar-refractivity contribution in [3.05, 3.63) is 59.7 Å². The van der Waals surface area contributed by atoms with Crippen LogP contribution in [0.2, 0.25) is 0 Å². The van der Waals surface area contributed by atoms with Crippen molar-refractivity contribution in [2.24, 2.45) is 11.8 Å². The average molecular weight is 760 g/mol.